The number of methoxy groups -OCH3 is 1. The SMILES string of the molecule is COCc1c(C(=O)N2CCC3(CCNC3)CC2)sc2cccc(F)c12. The third kappa shape index (κ3) is 2.96. The number of carbonyl (C=O) groups is 1. The summed E-state index contributed by atoms with van der Waals surface area (Å²) in [5.74, 6) is -0.261. The highest BCUT2D eigenvalue weighted by atomic mass is 32.1. The number of fused-ring (bicyclic) bond motifs is 1. The van der Waals surface area contributed by atoms with Crippen LogP contribution in [0.4, 0.5) is 4.39 Å². The smallest absolute Gasteiger partial charge is 0.264 e. The topological polar surface area (TPSA) is 41.6 Å². The molecule has 6 heteroatoms. The minimum atomic E-state index is -0.283. The van der Waals surface area contributed by atoms with Crippen molar-refractivity contribution in [1.82, 2.24) is 10.2 Å². The van der Waals surface area contributed by atoms with Gasteiger partial charge in [0.2, 0.25) is 0 Å². The molecule has 0 atom stereocenters. The number of ether oxygens (including phenoxy) is 1. The van der Waals surface area contributed by atoms with Crippen molar-refractivity contribution in [2.45, 2.75) is 25.9 Å². The molecule has 2 aliphatic heterocycles. The molecule has 1 aromatic carbocycles. The summed E-state index contributed by atoms with van der Waals surface area (Å²) in [7, 11) is 1.58. The Balaban J connectivity index is 1.62. The minimum absolute atomic E-state index is 0.0217. The molecular formula is C19H23FN2O2S. The van der Waals surface area contributed by atoms with Gasteiger partial charge in [-0.25, -0.2) is 4.39 Å². The monoisotopic (exact) mass is 362 g/mol. The van der Waals surface area contributed by atoms with Gasteiger partial charge in [0.15, 0.2) is 0 Å². The minimum Gasteiger partial charge on any atom is -0.380 e. The number of carbonyl (C=O) groups excluding carboxylic acids is 1. The van der Waals surface area contributed by atoms with Crippen molar-refractivity contribution in [3.05, 3.63) is 34.5 Å². The Labute approximate surface area is 151 Å². The maximum absolute atomic E-state index is 14.3. The lowest BCUT2D eigenvalue weighted by Crippen LogP contribution is -2.44. The fourth-order valence-corrected chi connectivity index (χ4v) is 5.36. The quantitative estimate of drug-likeness (QED) is 0.910. The van der Waals surface area contributed by atoms with E-state index in [0.717, 1.165) is 43.7 Å². The molecule has 2 fully saturated rings. The molecule has 4 nitrogen and oxygen atoms in total. The van der Waals surface area contributed by atoms with Crippen LogP contribution >= 0.6 is 11.3 Å². The van der Waals surface area contributed by atoms with Gasteiger partial charge in [0.25, 0.3) is 5.91 Å². The second-order valence-corrected chi connectivity index (χ2v) is 8.23. The number of likely N-dealkylation sites (tertiary alicyclic amines) is 1. The highest BCUT2D eigenvalue weighted by molar-refractivity contribution is 7.21. The first kappa shape index (κ1) is 16.9. The predicted molar refractivity (Wildman–Crippen MR) is 97.6 cm³/mol. The van der Waals surface area contributed by atoms with Crippen LogP contribution in [0, 0.1) is 11.2 Å². The molecule has 2 saturated heterocycles. The van der Waals surface area contributed by atoms with Gasteiger partial charge < -0.3 is 15.0 Å². The molecule has 1 spiro atoms. The number of thiophene rings is 1. The number of halogens is 1. The normalized spacial score (nSPS) is 19.8. The van der Waals surface area contributed by atoms with Crippen LogP contribution in [0.3, 0.4) is 0 Å². The molecule has 1 N–H and O–H groups in total. The van der Waals surface area contributed by atoms with Crippen molar-refractivity contribution in [2.75, 3.05) is 33.3 Å². The van der Waals surface area contributed by atoms with Gasteiger partial charge >= 0.3 is 0 Å². The number of nitrogens with one attached hydrogen (secondary N) is 1. The third-order valence-corrected chi connectivity index (χ3v) is 6.87. The van der Waals surface area contributed by atoms with Gasteiger partial charge in [-0.3, -0.25) is 4.79 Å². The Morgan fingerprint density at radius 2 is 2.16 bits per heavy atom. The first-order chi connectivity index (χ1) is 12.1. The standard InChI is InChI=1S/C19H23FN2O2S/c1-24-11-13-16-14(20)3-2-4-15(16)25-17(13)18(23)22-9-6-19(7-10-22)5-8-21-12-19/h2-4,21H,5-12H2,1H3. The Morgan fingerprint density at radius 1 is 1.36 bits per heavy atom. The fraction of sp³-hybridized carbons (Fsp3) is 0.526. The Kier molecular flexibility index (Phi) is 4.52. The van der Waals surface area contributed by atoms with Crippen LogP contribution in [0.1, 0.15) is 34.5 Å². The predicted octanol–water partition coefficient (Wildman–Crippen LogP) is 3.40. The number of amides is 1. The Bertz CT molecular complexity index is 788. The molecule has 134 valence electrons. The molecule has 0 unspecified atom stereocenters. The van der Waals surface area contributed by atoms with Crippen molar-refractivity contribution in [1.29, 1.82) is 0 Å². The number of piperidine rings is 1. The van der Waals surface area contributed by atoms with Crippen LogP contribution in [-0.2, 0) is 11.3 Å². The maximum atomic E-state index is 14.3. The molecule has 0 bridgehead atoms. The van der Waals surface area contributed by atoms with E-state index in [1.807, 2.05) is 11.0 Å². The van der Waals surface area contributed by atoms with E-state index in [0.29, 0.717) is 21.2 Å². The second kappa shape index (κ2) is 6.67. The molecule has 0 radical (unpaired) electrons. The number of nitrogens with zero attached hydrogens (tertiary/aromatic N) is 1. The van der Waals surface area contributed by atoms with Gasteiger partial charge in [-0.1, -0.05) is 6.07 Å². The number of hydrogen-bond acceptors (Lipinski definition) is 4. The zero-order valence-electron chi connectivity index (χ0n) is 14.4. The molecule has 1 aromatic heterocycles. The average Bonchev–Trinajstić information content (AvgIpc) is 3.21. The number of benzene rings is 1. The molecule has 1 amide bonds. The van der Waals surface area contributed by atoms with Crippen molar-refractivity contribution < 1.29 is 13.9 Å². The Morgan fingerprint density at radius 3 is 2.84 bits per heavy atom. The van der Waals surface area contributed by atoms with Crippen LogP contribution in [0.15, 0.2) is 18.2 Å². The van der Waals surface area contributed by atoms with E-state index in [9.17, 15) is 9.18 Å². The maximum Gasteiger partial charge on any atom is 0.264 e. The van der Waals surface area contributed by atoms with Crippen molar-refractivity contribution in [3.8, 4) is 0 Å². The van der Waals surface area contributed by atoms with E-state index >= 15 is 0 Å². The molecule has 0 saturated carbocycles. The lowest BCUT2D eigenvalue weighted by atomic mass is 9.78. The molecule has 2 aliphatic rings. The molecule has 0 aliphatic carbocycles. The van der Waals surface area contributed by atoms with Gasteiger partial charge in [0.1, 0.15) is 5.82 Å². The average molecular weight is 362 g/mol. The first-order valence-corrected chi connectivity index (χ1v) is 9.64. The first-order valence-electron chi connectivity index (χ1n) is 8.82. The van der Waals surface area contributed by atoms with Gasteiger partial charge in [-0.15, -0.1) is 11.3 Å². The Hall–Kier alpha value is -1.50. The highest BCUT2D eigenvalue weighted by Crippen LogP contribution is 2.39. The zero-order valence-corrected chi connectivity index (χ0v) is 15.3. The van der Waals surface area contributed by atoms with Crippen LogP contribution in [0.25, 0.3) is 10.1 Å². The largest absolute Gasteiger partial charge is 0.380 e. The van der Waals surface area contributed by atoms with E-state index in [-0.39, 0.29) is 18.3 Å². The highest BCUT2D eigenvalue weighted by Gasteiger charge is 2.38. The van der Waals surface area contributed by atoms with Crippen molar-refractivity contribution in [2.24, 2.45) is 5.41 Å². The molecule has 2 aromatic rings. The lowest BCUT2D eigenvalue weighted by molar-refractivity contribution is 0.0609. The summed E-state index contributed by atoms with van der Waals surface area (Å²) in [6.45, 7) is 3.97. The number of hydrogen-bond donors (Lipinski definition) is 1. The van der Waals surface area contributed by atoms with Crippen LogP contribution in [-0.4, -0.2) is 44.1 Å². The summed E-state index contributed by atoms with van der Waals surface area (Å²) in [6, 6.07) is 5.01. The fourth-order valence-electron chi connectivity index (χ4n) is 4.17. The van der Waals surface area contributed by atoms with Gasteiger partial charge in [-0.2, -0.15) is 0 Å². The molecule has 25 heavy (non-hydrogen) atoms. The summed E-state index contributed by atoms with van der Waals surface area (Å²) in [5.41, 5.74) is 1.06. The third-order valence-electron chi connectivity index (χ3n) is 5.69. The van der Waals surface area contributed by atoms with Gasteiger partial charge in [-0.05, 0) is 43.4 Å². The second-order valence-electron chi connectivity index (χ2n) is 7.17. The van der Waals surface area contributed by atoms with E-state index in [2.05, 4.69) is 5.32 Å². The molecule has 4 rings (SSSR count). The van der Waals surface area contributed by atoms with E-state index in [1.165, 1.54) is 23.8 Å². The summed E-state index contributed by atoms with van der Waals surface area (Å²) in [5, 5.41) is 3.98. The van der Waals surface area contributed by atoms with Crippen LogP contribution in [0.2, 0.25) is 0 Å². The summed E-state index contributed by atoms with van der Waals surface area (Å²) in [4.78, 5) is 15.7. The summed E-state index contributed by atoms with van der Waals surface area (Å²) < 4.78 is 20.4. The lowest BCUT2D eigenvalue weighted by Gasteiger charge is -2.38. The van der Waals surface area contributed by atoms with Gasteiger partial charge in [0.05, 0.1) is 11.5 Å². The van der Waals surface area contributed by atoms with E-state index in [4.69, 9.17) is 4.74 Å². The van der Waals surface area contributed by atoms with Crippen LogP contribution < -0.4 is 5.32 Å². The molecule has 3 heterocycles. The van der Waals surface area contributed by atoms with E-state index < -0.39 is 0 Å². The zero-order chi connectivity index (χ0) is 17.4. The van der Waals surface area contributed by atoms with Crippen molar-refractivity contribution in [3.63, 3.8) is 0 Å². The van der Waals surface area contributed by atoms with E-state index in [1.54, 1.807) is 13.2 Å². The summed E-state index contributed by atoms with van der Waals surface area (Å²) >= 11 is 1.38. The van der Waals surface area contributed by atoms with Gasteiger partial charge in [0, 0.05) is 42.4 Å². The number of rotatable bonds is 3. The van der Waals surface area contributed by atoms with Crippen LogP contribution in [0.5, 0.6) is 0 Å². The molecular weight excluding hydrogens is 339 g/mol. The van der Waals surface area contributed by atoms with Crippen molar-refractivity contribution >= 4 is 27.3 Å². The summed E-state index contributed by atoms with van der Waals surface area (Å²) in [6.07, 6.45) is 3.30.